The number of hydrogen-bond donors (Lipinski definition) is 1. The molecule has 1 N–H and O–H groups in total. The lowest BCUT2D eigenvalue weighted by atomic mass is 9.49. The van der Waals surface area contributed by atoms with Crippen molar-refractivity contribution < 1.29 is 24.3 Å². The summed E-state index contributed by atoms with van der Waals surface area (Å²) in [6.07, 6.45) is 2.55. The maximum atomic E-state index is 15.2. The molecule has 6 atom stereocenters. The van der Waals surface area contributed by atoms with Crippen molar-refractivity contribution >= 4 is 69.2 Å². The third kappa shape index (κ3) is 4.37. The van der Waals surface area contributed by atoms with Gasteiger partial charge in [0, 0.05) is 14.5 Å². The van der Waals surface area contributed by atoms with Crippen molar-refractivity contribution in [2.45, 2.75) is 24.2 Å². The number of halogens is 2. The van der Waals surface area contributed by atoms with E-state index in [0.29, 0.717) is 33.9 Å². The normalized spacial score (nSPS) is 28.2. The molecule has 2 aliphatic carbocycles. The Morgan fingerprint density at radius 2 is 1.49 bits per heavy atom. The van der Waals surface area contributed by atoms with Gasteiger partial charge in [-0.2, -0.15) is 0 Å². The van der Waals surface area contributed by atoms with Gasteiger partial charge in [0.1, 0.15) is 5.75 Å². The summed E-state index contributed by atoms with van der Waals surface area (Å²) in [4.78, 5) is 60.7. The number of hydrogen-bond acceptors (Lipinski definition) is 5. The number of aromatic hydroxyl groups is 1. The average Bonchev–Trinajstić information content (AvgIpc) is 3.46. The number of imide groups is 2. The molecular formula is C38H28ClIN2O5. The zero-order chi connectivity index (χ0) is 32.6. The maximum Gasteiger partial charge on any atom is 0.246 e. The first-order valence-corrected chi connectivity index (χ1v) is 17.0. The van der Waals surface area contributed by atoms with Crippen molar-refractivity contribution in [3.05, 3.63) is 134 Å². The number of anilines is 2. The fraction of sp³-hybridized carbons (Fsp3) is 0.211. The van der Waals surface area contributed by atoms with E-state index in [4.69, 9.17) is 11.6 Å². The molecule has 2 heterocycles. The van der Waals surface area contributed by atoms with Crippen LogP contribution in [0.5, 0.6) is 5.75 Å². The Labute approximate surface area is 290 Å². The number of nitrogens with zero attached hydrogens (tertiary/aromatic N) is 2. The van der Waals surface area contributed by atoms with Gasteiger partial charge < -0.3 is 5.11 Å². The molecule has 0 radical (unpaired) electrons. The summed E-state index contributed by atoms with van der Waals surface area (Å²) in [6, 6.07) is 30.1. The van der Waals surface area contributed by atoms with Gasteiger partial charge in [-0.25, -0.2) is 4.90 Å². The Bertz CT molecular complexity index is 2010. The lowest BCUT2D eigenvalue weighted by Gasteiger charge is -2.50. The second-order valence-electron chi connectivity index (χ2n) is 12.7. The van der Waals surface area contributed by atoms with Gasteiger partial charge in [-0.3, -0.25) is 24.1 Å². The van der Waals surface area contributed by atoms with Crippen LogP contribution in [0.3, 0.4) is 0 Å². The van der Waals surface area contributed by atoms with Gasteiger partial charge in [-0.15, -0.1) is 0 Å². The molecule has 234 valence electrons. The second-order valence-corrected chi connectivity index (χ2v) is 14.4. The summed E-state index contributed by atoms with van der Waals surface area (Å²) in [5.41, 5.74) is 1.70. The van der Waals surface area contributed by atoms with Crippen molar-refractivity contribution in [1.82, 2.24) is 0 Å². The van der Waals surface area contributed by atoms with Gasteiger partial charge in [0.05, 0.1) is 34.5 Å². The monoisotopic (exact) mass is 754 g/mol. The molecule has 7 nitrogen and oxygen atoms in total. The van der Waals surface area contributed by atoms with Crippen LogP contribution in [0.2, 0.25) is 5.02 Å². The molecule has 9 heteroatoms. The Hall–Kier alpha value is -4.28. The van der Waals surface area contributed by atoms with Crippen molar-refractivity contribution in [2.24, 2.45) is 23.7 Å². The number of phenols is 1. The van der Waals surface area contributed by atoms with E-state index in [-0.39, 0.29) is 35.8 Å². The fourth-order valence-electron chi connectivity index (χ4n) is 8.67. The van der Waals surface area contributed by atoms with E-state index in [2.05, 4.69) is 22.6 Å². The molecule has 2 saturated heterocycles. The van der Waals surface area contributed by atoms with E-state index in [1.165, 1.54) is 9.80 Å². The van der Waals surface area contributed by atoms with Crippen LogP contribution in [-0.4, -0.2) is 28.7 Å². The molecule has 4 aromatic carbocycles. The van der Waals surface area contributed by atoms with E-state index < -0.39 is 35.0 Å². The van der Waals surface area contributed by atoms with Gasteiger partial charge in [-0.05, 0) is 107 Å². The molecular weight excluding hydrogens is 727 g/mol. The first kappa shape index (κ1) is 30.1. The molecule has 8 rings (SSSR count). The Balaban J connectivity index is 1.34. The minimum absolute atomic E-state index is 0.0270. The molecule has 1 saturated carbocycles. The second kappa shape index (κ2) is 11.2. The van der Waals surface area contributed by atoms with E-state index in [1.54, 1.807) is 54.6 Å². The standard InChI is InChI=1S/C38H28ClIN2O5/c39-23-9-5-10-26(19-23)42-35(45)31-20-30-28(16-17-29-32(30)36(46)41(34(29)44)25-14-12-24(40)13-15-25)33(21-6-4-11-27(43)18-21)38(31,37(42)47)22-7-2-1-3-8-22/h1-16,18-19,29-33,43H,17,20H2. The Morgan fingerprint density at radius 3 is 2.21 bits per heavy atom. The zero-order valence-electron chi connectivity index (χ0n) is 24.9. The summed E-state index contributed by atoms with van der Waals surface area (Å²) in [5.74, 6) is -4.59. The van der Waals surface area contributed by atoms with Gasteiger partial charge in [0.15, 0.2) is 0 Å². The van der Waals surface area contributed by atoms with Crippen molar-refractivity contribution in [3.8, 4) is 5.75 Å². The lowest BCUT2D eigenvalue weighted by Crippen LogP contribution is -2.53. The molecule has 6 unspecified atom stereocenters. The number of benzene rings is 4. The third-order valence-electron chi connectivity index (χ3n) is 10.5. The molecule has 2 aliphatic heterocycles. The van der Waals surface area contributed by atoms with Crippen LogP contribution in [-0.2, 0) is 24.6 Å². The number of allylic oxidation sites excluding steroid dienone is 2. The van der Waals surface area contributed by atoms with E-state index >= 15 is 4.79 Å². The number of amides is 4. The van der Waals surface area contributed by atoms with E-state index in [9.17, 15) is 19.5 Å². The highest BCUT2D eigenvalue weighted by atomic mass is 127. The third-order valence-corrected chi connectivity index (χ3v) is 11.4. The predicted octanol–water partition coefficient (Wildman–Crippen LogP) is 7.02. The molecule has 0 aromatic heterocycles. The number of rotatable bonds is 4. The zero-order valence-corrected chi connectivity index (χ0v) is 27.8. The van der Waals surface area contributed by atoms with Gasteiger partial charge in [0.25, 0.3) is 0 Å². The van der Waals surface area contributed by atoms with Crippen LogP contribution in [0.4, 0.5) is 11.4 Å². The van der Waals surface area contributed by atoms with Gasteiger partial charge in [-0.1, -0.05) is 71.8 Å². The van der Waals surface area contributed by atoms with E-state index in [0.717, 1.165) is 9.14 Å². The first-order chi connectivity index (χ1) is 22.7. The number of phenolic OH excluding ortho intramolecular Hbond substituents is 1. The SMILES string of the molecule is O=C1C2CC=C3C(CC4C(=O)N(c5cccc(Cl)c5)C(=O)C4(c4ccccc4)C3c3cccc(O)c3)C2C(=O)N1c1ccc(I)cc1. The summed E-state index contributed by atoms with van der Waals surface area (Å²) in [5, 5.41) is 11.1. The van der Waals surface area contributed by atoms with Crippen LogP contribution in [0, 0.1) is 27.2 Å². The molecule has 4 aromatic rings. The van der Waals surface area contributed by atoms with Crippen LogP contribution in [0.25, 0.3) is 0 Å². The highest BCUT2D eigenvalue weighted by molar-refractivity contribution is 14.1. The van der Waals surface area contributed by atoms with Crippen LogP contribution in [0.1, 0.15) is 29.9 Å². The number of carbonyl (C=O) groups excluding carboxylic acids is 4. The van der Waals surface area contributed by atoms with Crippen molar-refractivity contribution in [2.75, 3.05) is 9.80 Å². The highest BCUT2D eigenvalue weighted by Gasteiger charge is 2.70. The summed E-state index contributed by atoms with van der Waals surface area (Å²) >= 11 is 8.55. The Kier molecular flexibility index (Phi) is 7.14. The predicted molar refractivity (Wildman–Crippen MR) is 186 cm³/mol. The highest BCUT2D eigenvalue weighted by Crippen LogP contribution is 2.64. The number of fused-ring (bicyclic) bond motifs is 4. The largest absolute Gasteiger partial charge is 0.508 e. The Morgan fingerprint density at radius 1 is 0.745 bits per heavy atom. The quantitative estimate of drug-likeness (QED) is 0.137. The van der Waals surface area contributed by atoms with Crippen LogP contribution in [0.15, 0.2) is 115 Å². The van der Waals surface area contributed by atoms with Crippen molar-refractivity contribution in [3.63, 3.8) is 0 Å². The molecule has 3 fully saturated rings. The molecule has 0 spiro atoms. The average molecular weight is 755 g/mol. The van der Waals surface area contributed by atoms with Crippen LogP contribution >= 0.6 is 34.2 Å². The summed E-state index contributed by atoms with van der Waals surface area (Å²) in [7, 11) is 0. The fourth-order valence-corrected chi connectivity index (χ4v) is 9.21. The molecule has 4 aliphatic rings. The maximum absolute atomic E-state index is 15.2. The van der Waals surface area contributed by atoms with Gasteiger partial charge >= 0.3 is 0 Å². The van der Waals surface area contributed by atoms with Gasteiger partial charge in [0.2, 0.25) is 23.6 Å². The molecule has 0 bridgehead atoms. The topological polar surface area (TPSA) is 95.0 Å². The van der Waals surface area contributed by atoms with Crippen LogP contribution < -0.4 is 9.80 Å². The lowest BCUT2D eigenvalue weighted by molar-refractivity contribution is -0.127. The molecule has 47 heavy (non-hydrogen) atoms. The van der Waals surface area contributed by atoms with Crippen molar-refractivity contribution in [1.29, 1.82) is 0 Å². The summed E-state index contributed by atoms with van der Waals surface area (Å²) < 4.78 is 0.985. The van der Waals surface area contributed by atoms with E-state index in [1.807, 2.05) is 54.6 Å². The molecule has 4 amide bonds. The summed E-state index contributed by atoms with van der Waals surface area (Å²) in [6.45, 7) is 0. The minimum atomic E-state index is -1.38. The minimum Gasteiger partial charge on any atom is -0.508 e. The first-order valence-electron chi connectivity index (χ1n) is 15.5. The number of carbonyl (C=O) groups is 4. The smallest absolute Gasteiger partial charge is 0.246 e.